The minimum absolute atomic E-state index is 0.0554. The van der Waals surface area contributed by atoms with Crippen molar-refractivity contribution >= 4 is 23.0 Å². The van der Waals surface area contributed by atoms with Crippen molar-refractivity contribution in [2.24, 2.45) is 5.92 Å². The lowest BCUT2D eigenvalue weighted by Gasteiger charge is -2.40. The molecule has 34 heavy (non-hydrogen) atoms. The second kappa shape index (κ2) is 8.81. The molecule has 0 unspecified atom stereocenters. The zero-order valence-corrected chi connectivity index (χ0v) is 18.2. The summed E-state index contributed by atoms with van der Waals surface area (Å²) in [5.74, 6) is -3.40. The first-order valence-electron chi connectivity index (χ1n) is 10.9. The van der Waals surface area contributed by atoms with Gasteiger partial charge in [-0.05, 0) is 43.0 Å². The zero-order valence-electron chi connectivity index (χ0n) is 18.2. The summed E-state index contributed by atoms with van der Waals surface area (Å²) in [6.45, 7) is 2.62. The maximum Gasteiger partial charge on any atom is 0.295 e. The zero-order chi connectivity index (χ0) is 23.8. The van der Waals surface area contributed by atoms with Crippen LogP contribution in [0.5, 0.6) is 0 Å². The molecule has 1 fully saturated rings. The van der Waals surface area contributed by atoms with Gasteiger partial charge in [0.15, 0.2) is 17.2 Å². The molecular formula is C23H21F3N6O2. The molecule has 0 aliphatic carbocycles. The third-order valence-corrected chi connectivity index (χ3v) is 6.11. The minimum Gasteiger partial charge on any atom is -0.423 e. The van der Waals surface area contributed by atoms with Gasteiger partial charge in [0.2, 0.25) is 0 Å². The Labute approximate surface area is 192 Å². The molecule has 3 heterocycles. The van der Waals surface area contributed by atoms with Crippen molar-refractivity contribution in [2.75, 3.05) is 18.4 Å². The van der Waals surface area contributed by atoms with Gasteiger partial charge >= 0.3 is 0 Å². The summed E-state index contributed by atoms with van der Waals surface area (Å²) in [7, 11) is 0. The van der Waals surface area contributed by atoms with Crippen molar-refractivity contribution in [1.82, 2.24) is 24.9 Å². The highest BCUT2D eigenvalue weighted by atomic mass is 19.2. The molecule has 1 aliphatic rings. The minimum atomic E-state index is -1.24. The number of hydrogen-bond donors (Lipinski definition) is 1. The van der Waals surface area contributed by atoms with Gasteiger partial charge in [0, 0.05) is 19.2 Å². The molecule has 2 aromatic carbocycles. The molecule has 8 nitrogen and oxygen atoms in total. The second-order valence-corrected chi connectivity index (χ2v) is 8.27. The predicted molar refractivity (Wildman–Crippen MR) is 117 cm³/mol. The molecule has 4 aromatic rings. The molecule has 176 valence electrons. The molecule has 1 N–H and O–H groups in total. The van der Waals surface area contributed by atoms with E-state index in [9.17, 15) is 18.0 Å². The summed E-state index contributed by atoms with van der Waals surface area (Å²) >= 11 is 0. The number of fused-ring (bicyclic) bond motifs is 1. The lowest BCUT2D eigenvalue weighted by atomic mass is 9.90. The van der Waals surface area contributed by atoms with Gasteiger partial charge in [0.05, 0.1) is 18.4 Å². The number of anilines is 1. The number of amides is 1. The standard InChI is InChI=1S/C23H21F3N6O2/c1-13-3-2-10-31(18(13)12-27-23-30-16-6-4-14(24)11-19(16)34-23)22(33)20-17(32-28-8-9-29-32)7-5-15(25)21(20)26/h4-9,11,13,18H,2-3,10,12H2,1H3,(H,27,30)/t13-,18-/m1/s1. The summed E-state index contributed by atoms with van der Waals surface area (Å²) in [6, 6.07) is 6.10. The van der Waals surface area contributed by atoms with E-state index in [1.165, 1.54) is 41.6 Å². The van der Waals surface area contributed by atoms with E-state index >= 15 is 0 Å². The van der Waals surface area contributed by atoms with Crippen molar-refractivity contribution in [3.63, 3.8) is 0 Å². The number of nitrogens with zero attached hydrogens (tertiary/aromatic N) is 5. The summed E-state index contributed by atoms with van der Waals surface area (Å²) < 4.78 is 48.1. The Kier molecular flexibility index (Phi) is 5.68. The predicted octanol–water partition coefficient (Wildman–Crippen LogP) is 4.18. The van der Waals surface area contributed by atoms with Crippen molar-refractivity contribution in [3.8, 4) is 5.69 Å². The smallest absolute Gasteiger partial charge is 0.295 e. The Morgan fingerprint density at radius 3 is 2.76 bits per heavy atom. The molecular weight excluding hydrogens is 449 g/mol. The largest absolute Gasteiger partial charge is 0.423 e. The Morgan fingerprint density at radius 1 is 1.18 bits per heavy atom. The molecule has 2 atom stereocenters. The van der Waals surface area contributed by atoms with Gasteiger partial charge in [0.25, 0.3) is 11.9 Å². The molecule has 1 aliphatic heterocycles. The van der Waals surface area contributed by atoms with E-state index in [-0.39, 0.29) is 30.2 Å². The Balaban J connectivity index is 1.44. The van der Waals surface area contributed by atoms with Crippen molar-refractivity contribution in [2.45, 2.75) is 25.8 Å². The highest BCUT2D eigenvalue weighted by molar-refractivity contribution is 5.98. The average Bonchev–Trinajstić information content (AvgIpc) is 3.49. The van der Waals surface area contributed by atoms with E-state index in [1.807, 2.05) is 6.92 Å². The van der Waals surface area contributed by atoms with E-state index in [0.29, 0.717) is 17.6 Å². The Hall–Kier alpha value is -3.89. The number of oxazole rings is 1. The first-order chi connectivity index (χ1) is 16.4. The molecule has 0 radical (unpaired) electrons. The highest BCUT2D eigenvalue weighted by Crippen LogP contribution is 2.29. The molecule has 1 amide bonds. The summed E-state index contributed by atoms with van der Waals surface area (Å²) in [6.07, 6.45) is 4.35. The summed E-state index contributed by atoms with van der Waals surface area (Å²) in [4.78, 5) is 20.5. The number of aromatic nitrogens is 4. The summed E-state index contributed by atoms with van der Waals surface area (Å²) in [5, 5.41) is 11.0. The van der Waals surface area contributed by atoms with Crippen LogP contribution >= 0.6 is 0 Å². The van der Waals surface area contributed by atoms with Gasteiger partial charge in [-0.3, -0.25) is 4.79 Å². The molecule has 0 spiro atoms. The normalized spacial score (nSPS) is 18.4. The van der Waals surface area contributed by atoms with E-state index in [2.05, 4.69) is 20.5 Å². The van der Waals surface area contributed by atoms with Crippen LogP contribution < -0.4 is 5.32 Å². The van der Waals surface area contributed by atoms with Crippen LogP contribution in [-0.4, -0.2) is 49.9 Å². The van der Waals surface area contributed by atoms with Crippen LogP contribution in [0, 0.1) is 23.4 Å². The van der Waals surface area contributed by atoms with Crippen molar-refractivity contribution in [3.05, 3.63) is 65.7 Å². The van der Waals surface area contributed by atoms with E-state index in [1.54, 1.807) is 0 Å². The third-order valence-electron chi connectivity index (χ3n) is 6.11. The number of carbonyl (C=O) groups is 1. The topological polar surface area (TPSA) is 89.1 Å². The number of carbonyl (C=O) groups excluding carboxylic acids is 1. The second-order valence-electron chi connectivity index (χ2n) is 8.27. The molecule has 11 heteroatoms. The number of benzene rings is 2. The lowest BCUT2D eigenvalue weighted by Crippen LogP contribution is -2.51. The van der Waals surface area contributed by atoms with Crippen LogP contribution in [-0.2, 0) is 0 Å². The van der Waals surface area contributed by atoms with E-state index < -0.39 is 28.9 Å². The number of rotatable bonds is 5. The van der Waals surface area contributed by atoms with E-state index in [4.69, 9.17) is 4.42 Å². The van der Waals surface area contributed by atoms with Gasteiger partial charge in [-0.25, -0.2) is 13.2 Å². The van der Waals surface area contributed by atoms with Crippen molar-refractivity contribution in [1.29, 1.82) is 0 Å². The number of halogens is 3. The fourth-order valence-electron chi connectivity index (χ4n) is 4.37. The van der Waals surface area contributed by atoms with Gasteiger partial charge in [0.1, 0.15) is 22.6 Å². The Morgan fingerprint density at radius 2 is 1.97 bits per heavy atom. The maximum atomic E-state index is 14.9. The number of hydrogen-bond acceptors (Lipinski definition) is 6. The SMILES string of the molecule is C[C@@H]1CCCN(C(=O)c2c(-n3nccn3)ccc(F)c2F)[C@@H]1CNc1nc2ccc(F)cc2o1. The van der Waals surface area contributed by atoms with Crippen LogP contribution in [0.25, 0.3) is 16.8 Å². The lowest BCUT2D eigenvalue weighted by molar-refractivity contribution is 0.0533. The van der Waals surface area contributed by atoms with Crippen LogP contribution in [0.3, 0.4) is 0 Å². The average molecular weight is 470 g/mol. The molecule has 1 saturated heterocycles. The summed E-state index contributed by atoms with van der Waals surface area (Å²) in [5.41, 5.74) is 0.421. The number of likely N-dealkylation sites (tertiary alicyclic amines) is 1. The van der Waals surface area contributed by atoms with Crippen LogP contribution in [0.1, 0.15) is 30.1 Å². The number of nitrogens with one attached hydrogen (secondary N) is 1. The third kappa shape index (κ3) is 3.97. The van der Waals surface area contributed by atoms with Gasteiger partial charge in [-0.2, -0.15) is 20.0 Å². The van der Waals surface area contributed by atoms with E-state index in [0.717, 1.165) is 23.7 Å². The quantitative estimate of drug-likeness (QED) is 0.471. The first kappa shape index (κ1) is 21.9. The molecule has 5 rings (SSSR count). The maximum absolute atomic E-state index is 14.9. The fraction of sp³-hybridized carbons (Fsp3) is 0.304. The molecule has 0 saturated carbocycles. The van der Waals surface area contributed by atoms with Crippen LogP contribution in [0.2, 0.25) is 0 Å². The number of piperidine rings is 1. The van der Waals surface area contributed by atoms with Crippen molar-refractivity contribution < 1.29 is 22.4 Å². The first-order valence-corrected chi connectivity index (χ1v) is 10.9. The van der Waals surface area contributed by atoms with Gasteiger partial charge in [-0.1, -0.05) is 6.92 Å². The van der Waals surface area contributed by atoms with Crippen LogP contribution in [0.15, 0.2) is 47.1 Å². The van der Waals surface area contributed by atoms with Gasteiger partial charge in [-0.15, -0.1) is 0 Å². The highest BCUT2D eigenvalue weighted by Gasteiger charge is 2.35. The molecule has 2 aromatic heterocycles. The van der Waals surface area contributed by atoms with Crippen LogP contribution in [0.4, 0.5) is 19.2 Å². The Bertz CT molecular complexity index is 1340. The molecule has 0 bridgehead atoms. The monoisotopic (exact) mass is 470 g/mol. The fourth-order valence-corrected chi connectivity index (χ4v) is 4.37. The van der Waals surface area contributed by atoms with Gasteiger partial charge < -0.3 is 14.6 Å².